The predicted molar refractivity (Wildman–Crippen MR) is 42.0 cm³/mol. The molecule has 0 saturated heterocycles. The fourth-order valence-electron chi connectivity index (χ4n) is 1.11. The van der Waals surface area contributed by atoms with Gasteiger partial charge in [0.15, 0.2) is 0 Å². The Bertz CT molecular complexity index is 39.7. The molecule has 0 aromatic rings. The molecule has 0 aliphatic heterocycles. The smallest absolute Gasteiger partial charge is 0.0808 e. The van der Waals surface area contributed by atoms with Gasteiger partial charge in [0.2, 0.25) is 0 Å². The molecule has 0 saturated carbocycles. The zero-order valence-electron chi connectivity index (χ0n) is 6.41. The molecule has 0 aliphatic rings. The van der Waals surface area contributed by atoms with E-state index in [9.17, 15) is 0 Å². The van der Waals surface area contributed by atoms with Crippen molar-refractivity contribution in [3.8, 4) is 0 Å². The molecule has 8 heavy (non-hydrogen) atoms. The van der Waals surface area contributed by atoms with E-state index in [1.165, 1.54) is 25.6 Å². The third-order valence-electron chi connectivity index (χ3n) is 1.85. The van der Waals surface area contributed by atoms with Crippen LogP contribution in [0.25, 0.3) is 0 Å². The highest BCUT2D eigenvalue weighted by atomic mass is 14.0. The molecule has 0 heterocycles. The first kappa shape index (κ1) is 8.06. The van der Waals surface area contributed by atoms with Gasteiger partial charge >= 0.3 is 0 Å². The Hall–Kier alpha value is 0.0649. The van der Waals surface area contributed by atoms with Gasteiger partial charge < -0.3 is 0 Å². The SMILES string of the molecule is BCCC(CC)CC. The van der Waals surface area contributed by atoms with Crippen LogP contribution in [-0.4, -0.2) is 7.85 Å². The summed E-state index contributed by atoms with van der Waals surface area (Å²) >= 11 is 0. The zero-order chi connectivity index (χ0) is 6.41. The number of hydrogen-bond donors (Lipinski definition) is 0. The molecule has 0 aromatic heterocycles. The highest BCUT2D eigenvalue weighted by Crippen LogP contribution is 2.12. The van der Waals surface area contributed by atoms with E-state index < -0.39 is 0 Å². The van der Waals surface area contributed by atoms with E-state index in [2.05, 4.69) is 21.7 Å². The van der Waals surface area contributed by atoms with Crippen LogP contribution >= 0.6 is 0 Å². The molecule has 48 valence electrons. The minimum Gasteiger partial charge on any atom is -0.0808 e. The Morgan fingerprint density at radius 2 is 1.75 bits per heavy atom. The molecule has 0 radical (unpaired) electrons. The van der Waals surface area contributed by atoms with Gasteiger partial charge in [-0.25, -0.2) is 0 Å². The van der Waals surface area contributed by atoms with Crippen LogP contribution in [0, 0.1) is 5.92 Å². The summed E-state index contributed by atoms with van der Waals surface area (Å²) in [4.78, 5) is 0. The maximum atomic E-state index is 2.28. The summed E-state index contributed by atoms with van der Waals surface area (Å²) in [6.07, 6.45) is 5.51. The van der Waals surface area contributed by atoms with Gasteiger partial charge in [-0.1, -0.05) is 39.4 Å². The minimum absolute atomic E-state index is 1.000. The summed E-state index contributed by atoms with van der Waals surface area (Å²) in [7, 11) is 2.26. The lowest BCUT2D eigenvalue weighted by molar-refractivity contribution is 0.477. The fraction of sp³-hybridized carbons (Fsp3) is 1.00. The van der Waals surface area contributed by atoms with Crippen molar-refractivity contribution in [2.45, 2.75) is 39.4 Å². The van der Waals surface area contributed by atoms with Gasteiger partial charge in [-0.3, -0.25) is 0 Å². The Balaban J connectivity index is 3.07. The van der Waals surface area contributed by atoms with Crippen LogP contribution in [0.5, 0.6) is 0 Å². The van der Waals surface area contributed by atoms with Crippen LogP contribution < -0.4 is 0 Å². The average Bonchev–Trinajstić information content (AvgIpc) is 1.83. The Kier molecular flexibility index (Phi) is 5.25. The molecule has 0 nitrogen and oxygen atoms in total. The summed E-state index contributed by atoms with van der Waals surface area (Å²) in [5, 5.41) is 0. The van der Waals surface area contributed by atoms with Gasteiger partial charge in [-0.2, -0.15) is 0 Å². The second kappa shape index (κ2) is 5.21. The molecule has 0 N–H and O–H groups in total. The Morgan fingerprint density at radius 1 is 1.25 bits per heavy atom. The largest absolute Gasteiger partial charge is 0.101 e. The van der Waals surface area contributed by atoms with Crippen molar-refractivity contribution >= 4 is 7.85 Å². The van der Waals surface area contributed by atoms with Gasteiger partial charge in [0, 0.05) is 0 Å². The van der Waals surface area contributed by atoms with Crippen LogP contribution in [0.4, 0.5) is 0 Å². The highest BCUT2D eigenvalue weighted by Gasteiger charge is 1.98. The Labute approximate surface area is 54.1 Å². The van der Waals surface area contributed by atoms with E-state index in [-0.39, 0.29) is 0 Å². The van der Waals surface area contributed by atoms with Crippen molar-refractivity contribution in [3.05, 3.63) is 0 Å². The molecule has 0 unspecified atom stereocenters. The standard InChI is InChI=1S/C7H17B/c1-3-7(4-2)5-6-8/h7H,3-6,8H2,1-2H3. The normalized spacial score (nSPS) is 10.4. The van der Waals surface area contributed by atoms with Crippen molar-refractivity contribution in [3.63, 3.8) is 0 Å². The van der Waals surface area contributed by atoms with Gasteiger partial charge in [0.05, 0.1) is 0 Å². The molecule has 0 atom stereocenters. The van der Waals surface area contributed by atoms with Crippen molar-refractivity contribution < 1.29 is 0 Å². The van der Waals surface area contributed by atoms with Gasteiger partial charge in [0.25, 0.3) is 0 Å². The first-order valence-electron chi connectivity index (χ1n) is 3.85. The van der Waals surface area contributed by atoms with E-state index in [0.29, 0.717) is 0 Å². The second-order valence-electron chi connectivity index (χ2n) is 2.47. The van der Waals surface area contributed by atoms with Crippen molar-refractivity contribution in [1.29, 1.82) is 0 Å². The van der Waals surface area contributed by atoms with Gasteiger partial charge in [-0.05, 0) is 5.92 Å². The van der Waals surface area contributed by atoms with Gasteiger partial charge in [0.1, 0.15) is 7.85 Å². The zero-order valence-corrected chi connectivity index (χ0v) is 6.41. The monoisotopic (exact) mass is 112 g/mol. The lowest BCUT2D eigenvalue weighted by Gasteiger charge is -2.08. The van der Waals surface area contributed by atoms with E-state index >= 15 is 0 Å². The molecular weight excluding hydrogens is 94.9 g/mol. The first-order chi connectivity index (χ1) is 3.85. The van der Waals surface area contributed by atoms with Crippen LogP contribution in [0.2, 0.25) is 6.32 Å². The third-order valence-corrected chi connectivity index (χ3v) is 1.85. The van der Waals surface area contributed by atoms with E-state index in [0.717, 1.165) is 5.92 Å². The molecule has 0 fully saturated rings. The molecule has 0 rings (SSSR count). The average molecular weight is 112 g/mol. The molecule has 0 amide bonds. The summed E-state index contributed by atoms with van der Waals surface area (Å²) in [5.74, 6) is 1.000. The first-order valence-corrected chi connectivity index (χ1v) is 3.85. The van der Waals surface area contributed by atoms with Crippen LogP contribution in [0.15, 0.2) is 0 Å². The minimum atomic E-state index is 1.000. The summed E-state index contributed by atoms with van der Waals surface area (Å²) in [6, 6.07) is 0. The molecule has 1 heteroatoms. The Morgan fingerprint density at radius 3 is 1.88 bits per heavy atom. The second-order valence-corrected chi connectivity index (χ2v) is 2.47. The van der Waals surface area contributed by atoms with E-state index in [1.54, 1.807) is 0 Å². The lowest BCUT2D eigenvalue weighted by atomic mass is 9.90. The highest BCUT2D eigenvalue weighted by molar-refractivity contribution is 6.08. The lowest BCUT2D eigenvalue weighted by Crippen LogP contribution is -1.94. The topological polar surface area (TPSA) is 0 Å². The quantitative estimate of drug-likeness (QED) is 0.487. The summed E-state index contributed by atoms with van der Waals surface area (Å²) in [6.45, 7) is 4.56. The van der Waals surface area contributed by atoms with Gasteiger partial charge in [-0.15, -0.1) is 0 Å². The van der Waals surface area contributed by atoms with Crippen molar-refractivity contribution in [2.75, 3.05) is 0 Å². The van der Waals surface area contributed by atoms with Crippen LogP contribution in [0.3, 0.4) is 0 Å². The summed E-state index contributed by atoms with van der Waals surface area (Å²) in [5.41, 5.74) is 0. The molecule has 0 bridgehead atoms. The van der Waals surface area contributed by atoms with Crippen LogP contribution in [0.1, 0.15) is 33.1 Å². The molecule has 0 aliphatic carbocycles. The van der Waals surface area contributed by atoms with Crippen molar-refractivity contribution in [2.24, 2.45) is 5.92 Å². The fourth-order valence-corrected chi connectivity index (χ4v) is 1.11. The number of rotatable bonds is 4. The van der Waals surface area contributed by atoms with E-state index in [4.69, 9.17) is 0 Å². The molecular formula is C7H17B. The predicted octanol–water partition coefficient (Wildman–Crippen LogP) is 1.86. The van der Waals surface area contributed by atoms with E-state index in [1.807, 2.05) is 0 Å². The van der Waals surface area contributed by atoms with Crippen LogP contribution in [-0.2, 0) is 0 Å². The number of hydrogen-bond acceptors (Lipinski definition) is 0. The maximum Gasteiger partial charge on any atom is 0.101 e. The molecule has 0 aromatic carbocycles. The third kappa shape index (κ3) is 3.12. The summed E-state index contributed by atoms with van der Waals surface area (Å²) < 4.78 is 0. The maximum absolute atomic E-state index is 2.28. The van der Waals surface area contributed by atoms with Crippen molar-refractivity contribution in [1.82, 2.24) is 0 Å². The molecule has 0 spiro atoms.